The fourth-order valence-electron chi connectivity index (χ4n) is 2.75. The van der Waals surface area contributed by atoms with E-state index in [0.717, 1.165) is 57.6 Å². The monoisotopic (exact) mass is 343 g/mol. The Balaban J connectivity index is 2.14. The van der Waals surface area contributed by atoms with Crippen LogP contribution in [0.5, 0.6) is 0 Å². The molecule has 0 bridgehead atoms. The van der Waals surface area contributed by atoms with Crippen LogP contribution in [0.15, 0.2) is 4.99 Å². The van der Waals surface area contributed by atoms with Crippen LogP contribution in [0.25, 0.3) is 0 Å². The molecule has 142 valence electrons. The van der Waals surface area contributed by atoms with E-state index in [1.165, 1.54) is 6.42 Å². The molecule has 1 fully saturated rings. The zero-order valence-electron chi connectivity index (χ0n) is 15.6. The summed E-state index contributed by atoms with van der Waals surface area (Å²) in [6.07, 6.45) is 7.41. The van der Waals surface area contributed by atoms with Crippen molar-refractivity contribution in [3.63, 3.8) is 0 Å². The Morgan fingerprint density at radius 2 is 1.71 bits per heavy atom. The van der Waals surface area contributed by atoms with E-state index in [0.29, 0.717) is 32.9 Å². The zero-order chi connectivity index (χ0) is 17.5. The molecule has 6 nitrogen and oxygen atoms in total. The molecule has 0 unspecified atom stereocenters. The summed E-state index contributed by atoms with van der Waals surface area (Å²) < 4.78 is 11.0. The number of hydrogen-bond acceptors (Lipinski definition) is 4. The third kappa shape index (κ3) is 10.1. The molecule has 0 amide bonds. The molecule has 0 aliphatic heterocycles. The lowest BCUT2D eigenvalue weighted by atomic mass is 9.85. The molecule has 1 aliphatic rings. The van der Waals surface area contributed by atoms with Crippen molar-refractivity contribution in [3.8, 4) is 0 Å². The molecular formula is C18H37N3O3. The molecular weight excluding hydrogens is 306 g/mol. The lowest BCUT2D eigenvalue weighted by molar-refractivity contribution is 0.0131. The Hall–Kier alpha value is -0.850. The summed E-state index contributed by atoms with van der Waals surface area (Å²) in [5.41, 5.74) is -0.618. The van der Waals surface area contributed by atoms with Crippen molar-refractivity contribution < 1.29 is 14.6 Å². The Morgan fingerprint density at radius 3 is 2.38 bits per heavy atom. The number of rotatable bonds is 12. The average Bonchev–Trinajstić information content (AvgIpc) is 2.59. The fraction of sp³-hybridized carbons (Fsp3) is 0.944. The largest absolute Gasteiger partial charge is 0.388 e. The van der Waals surface area contributed by atoms with Crippen LogP contribution < -0.4 is 10.6 Å². The van der Waals surface area contributed by atoms with Crippen molar-refractivity contribution in [1.82, 2.24) is 10.6 Å². The molecule has 0 saturated heterocycles. The van der Waals surface area contributed by atoms with Gasteiger partial charge in [-0.25, -0.2) is 0 Å². The molecule has 0 aromatic rings. The Morgan fingerprint density at radius 1 is 1.00 bits per heavy atom. The van der Waals surface area contributed by atoms with Crippen LogP contribution in [0.4, 0.5) is 0 Å². The second-order valence-electron chi connectivity index (χ2n) is 6.49. The van der Waals surface area contributed by atoms with Crippen LogP contribution >= 0.6 is 0 Å². The van der Waals surface area contributed by atoms with E-state index < -0.39 is 5.60 Å². The highest BCUT2D eigenvalue weighted by atomic mass is 16.5. The first-order chi connectivity index (χ1) is 11.7. The molecule has 0 spiro atoms. The molecule has 3 N–H and O–H groups in total. The maximum atomic E-state index is 10.5. The maximum absolute atomic E-state index is 10.5. The van der Waals surface area contributed by atoms with Crippen molar-refractivity contribution in [3.05, 3.63) is 0 Å². The molecule has 0 atom stereocenters. The van der Waals surface area contributed by atoms with Crippen LogP contribution in [0.2, 0.25) is 0 Å². The summed E-state index contributed by atoms with van der Waals surface area (Å²) in [5.74, 6) is 0.749. The van der Waals surface area contributed by atoms with Crippen LogP contribution in [0.1, 0.15) is 58.8 Å². The number of aliphatic hydroxyl groups is 1. The number of hydrogen-bond donors (Lipinski definition) is 3. The Bertz CT molecular complexity index is 331. The van der Waals surface area contributed by atoms with Crippen molar-refractivity contribution in [1.29, 1.82) is 0 Å². The fourth-order valence-corrected chi connectivity index (χ4v) is 2.75. The first-order valence-corrected chi connectivity index (χ1v) is 9.60. The van der Waals surface area contributed by atoms with Gasteiger partial charge in [0.05, 0.1) is 32.0 Å². The highest BCUT2D eigenvalue weighted by Crippen LogP contribution is 2.28. The van der Waals surface area contributed by atoms with Crippen molar-refractivity contribution in [2.24, 2.45) is 4.99 Å². The van der Waals surface area contributed by atoms with Crippen molar-refractivity contribution in [2.75, 3.05) is 46.1 Å². The van der Waals surface area contributed by atoms with Gasteiger partial charge in [-0.15, -0.1) is 0 Å². The SMILES string of the molecule is CCCCOCCOCCNC(=NCC1(O)CCCCC1)NCC. The summed E-state index contributed by atoms with van der Waals surface area (Å²) in [5, 5.41) is 17.0. The van der Waals surface area contributed by atoms with Gasteiger partial charge in [0.25, 0.3) is 0 Å². The van der Waals surface area contributed by atoms with Crippen LogP contribution in [0.3, 0.4) is 0 Å². The minimum Gasteiger partial charge on any atom is -0.388 e. The summed E-state index contributed by atoms with van der Waals surface area (Å²) in [4.78, 5) is 4.54. The predicted octanol–water partition coefficient (Wildman–Crippen LogP) is 2.07. The zero-order valence-corrected chi connectivity index (χ0v) is 15.6. The van der Waals surface area contributed by atoms with Gasteiger partial charge in [0, 0.05) is 19.7 Å². The van der Waals surface area contributed by atoms with E-state index in [-0.39, 0.29) is 0 Å². The molecule has 1 rings (SSSR count). The third-order valence-corrected chi connectivity index (χ3v) is 4.21. The van der Waals surface area contributed by atoms with E-state index in [1.54, 1.807) is 0 Å². The summed E-state index contributed by atoms with van der Waals surface area (Å²) in [6.45, 7) is 8.87. The van der Waals surface area contributed by atoms with E-state index in [1.807, 2.05) is 6.92 Å². The predicted molar refractivity (Wildman–Crippen MR) is 98.6 cm³/mol. The molecule has 6 heteroatoms. The van der Waals surface area contributed by atoms with Gasteiger partial charge in [0.1, 0.15) is 0 Å². The number of aliphatic imine (C=N–C) groups is 1. The normalized spacial score (nSPS) is 17.7. The second-order valence-corrected chi connectivity index (χ2v) is 6.49. The van der Waals surface area contributed by atoms with Gasteiger partial charge in [0.2, 0.25) is 0 Å². The quantitative estimate of drug-likeness (QED) is 0.287. The maximum Gasteiger partial charge on any atom is 0.191 e. The summed E-state index contributed by atoms with van der Waals surface area (Å²) >= 11 is 0. The number of unbranched alkanes of at least 4 members (excludes halogenated alkanes) is 1. The third-order valence-electron chi connectivity index (χ3n) is 4.21. The Kier molecular flexibility index (Phi) is 11.9. The van der Waals surface area contributed by atoms with E-state index in [9.17, 15) is 5.11 Å². The smallest absolute Gasteiger partial charge is 0.191 e. The highest BCUT2D eigenvalue weighted by molar-refractivity contribution is 5.79. The molecule has 24 heavy (non-hydrogen) atoms. The minimum atomic E-state index is -0.618. The van der Waals surface area contributed by atoms with Crippen LogP contribution in [0, 0.1) is 0 Å². The van der Waals surface area contributed by atoms with Gasteiger partial charge in [-0.2, -0.15) is 0 Å². The number of ether oxygens (including phenoxy) is 2. The minimum absolute atomic E-state index is 0.467. The topological polar surface area (TPSA) is 75.1 Å². The van der Waals surface area contributed by atoms with Gasteiger partial charge in [-0.3, -0.25) is 4.99 Å². The molecule has 1 aliphatic carbocycles. The van der Waals surface area contributed by atoms with Gasteiger partial charge < -0.3 is 25.2 Å². The molecule has 0 radical (unpaired) electrons. The first kappa shape index (κ1) is 21.2. The highest BCUT2D eigenvalue weighted by Gasteiger charge is 2.28. The van der Waals surface area contributed by atoms with Crippen molar-refractivity contribution in [2.45, 2.75) is 64.4 Å². The summed E-state index contributed by atoms with van der Waals surface area (Å²) in [7, 11) is 0. The van der Waals surface area contributed by atoms with Gasteiger partial charge in [-0.05, 0) is 26.2 Å². The number of nitrogens with zero attached hydrogens (tertiary/aromatic N) is 1. The molecule has 0 aromatic heterocycles. The number of guanidine groups is 1. The molecule has 1 saturated carbocycles. The Labute approximate surface area is 147 Å². The van der Waals surface area contributed by atoms with Gasteiger partial charge >= 0.3 is 0 Å². The molecule has 0 heterocycles. The molecule has 0 aromatic carbocycles. The van der Waals surface area contributed by atoms with E-state index in [2.05, 4.69) is 22.5 Å². The van der Waals surface area contributed by atoms with E-state index >= 15 is 0 Å². The average molecular weight is 344 g/mol. The summed E-state index contributed by atoms with van der Waals surface area (Å²) in [6, 6.07) is 0. The second kappa shape index (κ2) is 13.4. The van der Waals surface area contributed by atoms with Crippen molar-refractivity contribution >= 4 is 5.96 Å². The first-order valence-electron chi connectivity index (χ1n) is 9.60. The van der Waals surface area contributed by atoms with Crippen LogP contribution in [-0.2, 0) is 9.47 Å². The van der Waals surface area contributed by atoms with E-state index in [4.69, 9.17) is 9.47 Å². The standard InChI is InChI=1S/C18H37N3O3/c1-3-5-12-23-14-15-24-13-11-20-17(19-4-2)21-16-18(22)9-7-6-8-10-18/h22H,3-16H2,1-2H3,(H2,19,20,21). The number of nitrogens with one attached hydrogen (secondary N) is 2. The lowest BCUT2D eigenvalue weighted by Gasteiger charge is -2.30. The lowest BCUT2D eigenvalue weighted by Crippen LogP contribution is -2.41. The van der Waals surface area contributed by atoms with Gasteiger partial charge in [0.15, 0.2) is 5.96 Å². The van der Waals surface area contributed by atoms with Gasteiger partial charge in [-0.1, -0.05) is 32.6 Å². The van der Waals surface area contributed by atoms with Crippen LogP contribution in [-0.4, -0.2) is 62.7 Å².